The molecule has 17 heavy (non-hydrogen) atoms. The Morgan fingerprint density at radius 1 is 1.47 bits per heavy atom. The fourth-order valence-electron chi connectivity index (χ4n) is 2.24. The third kappa shape index (κ3) is 2.63. The van der Waals surface area contributed by atoms with Gasteiger partial charge in [-0.2, -0.15) is 0 Å². The summed E-state index contributed by atoms with van der Waals surface area (Å²) in [5.74, 6) is 0.0239. The summed E-state index contributed by atoms with van der Waals surface area (Å²) in [7, 11) is 0. The largest absolute Gasteiger partial charge is 0.386 e. The van der Waals surface area contributed by atoms with Crippen molar-refractivity contribution in [3.05, 3.63) is 33.4 Å². The lowest BCUT2D eigenvalue weighted by Gasteiger charge is -2.46. The first-order valence-corrected chi connectivity index (χ1v) is 6.90. The first-order chi connectivity index (χ1) is 8.06. The van der Waals surface area contributed by atoms with E-state index >= 15 is 0 Å². The van der Waals surface area contributed by atoms with Gasteiger partial charge in [-0.15, -0.1) is 0 Å². The zero-order chi connectivity index (χ0) is 12.5. The summed E-state index contributed by atoms with van der Waals surface area (Å²) in [6.07, 6.45) is 1.71. The van der Waals surface area contributed by atoms with Crippen LogP contribution in [-0.4, -0.2) is 34.6 Å². The van der Waals surface area contributed by atoms with Gasteiger partial charge in [0.2, 0.25) is 0 Å². The lowest BCUT2D eigenvalue weighted by Crippen LogP contribution is -2.63. The van der Waals surface area contributed by atoms with Crippen LogP contribution in [0.4, 0.5) is 0 Å². The molecule has 92 valence electrons. The van der Waals surface area contributed by atoms with Crippen LogP contribution in [0.2, 0.25) is 0 Å². The van der Waals surface area contributed by atoms with Crippen molar-refractivity contribution >= 4 is 28.5 Å². The summed E-state index contributed by atoms with van der Waals surface area (Å²) in [6.45, 7) is 2.97. The fraction of sp³-hybridized carbons (Fsp3) is 0.462. The molecular weight excluding hydrogens is 329 g/mol. The predicted molar refractivity (Wildman–Crippen MR) is 74.9 cm³/mol. The molecule has 0 spiro atoms. The molecule has 1 N–H and O–H groups in total. The van der Waals surface area contributed by atoms with Crippen LogP contribution in [0.3, 0.4) is 0 Å². The third-order valence-electron chi connectivity index (χ3n) is 3.08. The second-order valence-electron chi connectivity index (χ2n) is 4.62. The molecule has 1 aliphatic rings. The number of carbonyl (C=O) groups excluding carboxylic acids is 1. The van der Waals surface area contributed by atoms with Crippen LogP contribution in [0.25, 0.3) is 0 Å². The maximum atomic E-state index is 12.1. The van der Waals surface area contributed by atoms with E-state index < -0.39 is 5.60 Å². The number of amides is 1. The van der Waals surface area contributed by atoms with Crippen LogP contribution in [0, 0.1) is 3.57 Å². The van der Waals surface area contributed by atoms with Gasteiger partial charge in [0.05, 0.1) is 24.3 Å². The molecular formula is C13H16INO2. The van der Waals surface area contributed by atoms with Gasteiger partial charge in [-0.1, -0.05) is 25.5 Å². The molecule has 1 aromatic carbocycles. The quantitative estimate of drug-likeness (QED) is 0.854. The number of nitrogens with zero attached hydrogens (tertiary/aromatic N) is 1. The highest BCUT2D eigenvalue weighted by Gasteiger charge is 2.43. The summed E-state index contributed by atoms with van der Waals surface area (Å²) in [5, 5.41) is 10.0. The van der Waals surface area contributed by atoms with Gasteiger partial charge in [0.15, 0.2) is 0 Å². The summed E-state index contributed by atoms with van der Waals surface area (Å²) < 4.78 is 0.959. The number of halogens is 1. The molecule has 1 aromatic rings. The minimum Gasteiger partial charge on any atom is -0.386 e. The molecule has 1 amide bonds. The highest BCUT2D eigenvalue weighted by molar-refractivity contribution is 14.1. The smallest absolute Gasteiger partial charge is 0.255 e. The van der Waals surface area contributed by atoms with Crippen molar-refractivity contribution in [1.29, 1.82) is 0 Å². The number of hydrogen-bond donors (Lipinski definition) is 1. The van der Waals surface area contributed by atoms with Crippen LogP contribution in [-0.2, 0) is 0 Å². The Labute approximate surface area is 115 Å². The van der Waals surface area contributed by atoms with Crippen molar-refractivity contribution in [2.45, 2.75) is 25.4 Å². The second-order valence-corrected chi connectivity index (χ2v) is 5.78. The summed E-state index contributed by atoms with van der Waals surface area (Å²) in [6, 6.07) is 7.54. The maximum absolute atomic E-state index is 12.1. The number of hydrogen-bond acceptors (Lipinski definition) is 2. The molecule has 2 rings (SSSR count). The van der Waals surface area contributed by atoms with Crippen LogP contribution in [0.15, 0.2) is 24.3 Å². The molecule has 1 aliphatic heterocycles. The predicted octanol–water partition coefficient (Wildman–Crippen LogP) is 2.28. The maximum Gasteiger partial charge on any atom is 0.255 e. The van der Waals surface area contributed by atoms with Gasteiger partial charge in [-0.3, -0.25) is 4.79 Å². The Bertz CT molecular complexity index is 427. The van der Waals surface area contributed by atoms with Crippen molar-refractivity contribution in [2.75, 3.05) is 13.1 Å². The Hall–Kier alpha value is -0.620. The number of likely N-dealkylation sites (tertiary alicyclic amines) is 1. The molecule has 0 unspecified atom stereocenters. The topological polar surface area (TPSA) is 40.5 Å². The minimum absolute atomic E-state index is 0.0239. The number of carbonyl (C=O) groups is 1. The van der Waals surface area contributed by atoms with E-state index in [9.17, 15) is 9.90 Å². The molecule has 0 aliphatic carbocycles. The monoisotopic (exact) mass is 345 g/mol. The van der Waals surface area contributed by atoms with Crippen molar-refractivity contribution in [2.24, 2.45) is 0 Å². The Balaban J connectivity index is 2.03. The van der Waals surface area contributed by atoms with Crippen molar-refractivity contribution in [1.82, 2.24) is 4.90 Å². The van der Waals surface area contributed by atoms with Gasteiger partial charge in [0.25, 0.3) is 5.91 Å². The van der Waals surface area contributed by atoms with Gasteiger partial charge in [0, 0.05) is 3.57 Å². The number of aliphatic hydroxyl groups is 1. The van der Waals surface area contributed by atoms with E-state index in [1.54, 1.807) is 4.90 Å². The zero-order valence-corrected chi connectivity index (χ0v) is 12.0. The van der Waals surface area contributed by atoms with E-state index in [4.69, 9.17) is 0 Å². The first-order valence-electron chi connectivity index (χ1n) is 5.82. The molecule has 1 heterocycles. The molecule has 1 saturated heterocycles. The zero-order valence-electron chi connectivity index (χ0n) is 9.82. The van der Waals surface area contributed by atoms with E-state index in [1.165, 1.54) is 0 Å². The van der Waals surface area contributed by atoms with Gasteiger partial charge in [0.1, 0.15) is 0 Å². The highest BCUT2D eigenvalue weighted by atomic mass is 127. The molecule has 0 saturated carbocycles. The Kier molecular flexibility index (Phi) is 3.73. The number of rotatable bonds is 3. The first kappa shape index (κ1) is 12.8. The van der Waals surface area contributed by atoms with Crippen molar-refractivity contribution in [3.8, 4) is 0 Å². The van der Waals surface area contributed by atoms with Crippen LogP contribution >= 0.6 is 22.6 Å². The lowest BCUT2D eigenvalue weighted by atomic mass is 9.89. The highest BCUT2D eigenvalue weighted by Crippen LogP contribution is 2.28. The minimum atomic E-state index is -0.648. The van der Waals surface area contributed by atoms with Crippen molar-refractivity contribution in [3.63, 3.8) is 0 Å². The fourth-order valence-corrected chi connectivity index (χ4v) is 2.85. The number of benzene rings is 1. The Morgan fingerprint density at radius 2 is 2.12 bits per heavy atom. The van der Waals surface area contributed by atoms with Gasteiger partial charge >= 0.3 is 0 Å². The second kappa shape index (κ2) is 4.94. The van der Waals surface area contributed by atoms with Crippen LogP contribution in [0.1, 0.15) is 30.1 Å². The van der Waals surface area contributed by atoms with Gasteiger partial charge < -0.3 is 10.0 Å². The molecule has 3 nitrogen and oxygen atoms in total. The number of β-amino-alcohol motifs (C(OH)–C–C–N with tert-alkyl or cyclic N) is 1. The molecule has 1 fully saturated rings. The standard InChI is InChI=1S/C13H16INO2/c1-2-7-13(17)8-15(9-13)12(16)10-5-3-4-6-11(10)14/h3-6,17H,2,7-9H2,1H3. The lowest BCUT2D eigenvalue weighted by molar-refractivity contribution is -0.0860. The van der Waals surface area contributed by atoms with E-state index in [2.05, 4.69) is 22.6 Å². The van der Waals surface area contributed by atoms with E-state index in [-0.39, 0.29) is 5.91 Å². The Morgan fingerprint density at radius 3 is 2.71 bits per heavy atom. The van der Waals surface area contributed by atoms with Gasteiger partial charge in [-0.05, 0) is 41.1 Å². The average Bonchev–Trinajstić information content (AvgIpc) is 2.26. The normalized spacial score (nSPS) is 17.7. The molecule has 4 heteroatoms. The molecule has 0 bridgehead atoms. The van der Waals surface area contributed by atoms with E-state index in [0.29, 0.717) is 13.1 Å². The average molecular weight is 345 g/mol. The summed E-state index contributed by atoms with van der Waals surface area (Å²) >= 11 is 2.16. The molecule has 0 atom stereocenters. The SMILES string of the molecule is CCCC1(O)CN(C(=O)c2ccccc2I)C1. The van der Waals surface area contributed by atoms with Crippen LogP contribution in [0.5, 0.6) is 0 Å². The van der Waals surface area contributed by atoms with E-state index in [0.717, 1.165) is 22.0 Å². The summed E-state index contributed by atoms with van der Waals surface area (Å²) in [4.78, 5) is 13.9. The van der Waals surface area contributed by atoms with Crippen LogP contribution < -0.4 is 0 Å². The molecule has 0 radical (unpaired) electrons. The van der Waals surface area contributed by atoms with E-state index in [1.807, 2.05) is 31.2 Å². The third-order valence-corrected chi connectivity index (χ3v) is 4.02. The summed E-state index contributed by atoms with van der Waals surface area (Å²) in [5.41, 5.74) is 0.0802. The van der Waals surface area contributed by atoms with Gasteiger partial charge in [-0.25, -0.2) is 0 Å². The van der Waals surface area contributed by atoms with Crippen molar-refractivity contribution < 1.29 is 9.90 Å². The molecule has 0 aromatic heterocycles.